The van der Waals surface area contributed by atoms with Crippen molar-refractivity contribution in [1.29, 1.82) is 0 Å². The maximum absolute atomic E-state index is 12.7. The van der Waals surface area contributed by atoms with Gasteiger partial charge in [0, 0.05) is 5.56 Å². The van der Waals surface area contributed by atoms with E-state index in [1.165, 1.54) is 31.3 Å². The van der Waals surface area contributed by atoms with Crippen LogP contribution in [0.15, 0.2) is 88.7 Å². The number of rotatable bonds is 6. The molecule has 0 atom stereocenters. The van der Waals surface area contributed by atoms with E-state index in [2.05, 4.69) is 9.44 Å². The Labute approximate surface area is 159 Å². The molecule has 0 fully saturated rings. The fourth-order valence-corrected chi connectivity index (χ4v) is 4.37. The first-order valence-corrected chi connectivity index (χ1v) is 11.0. The zero-order valence-corrected chi connectivity index (χ0v) is 16.1. The number of nitrogens with one attached hydrogen (secondary N) is 2. The summed E-state index contributed by atoms with van der Waals surface area (Å²) in [6.07, 6.45) is 0. The third kappa shape index (κ3) is 4.19. The van der Waals surface area contributed by atoms with E-state index >= 15 is 0 Å². The lowest BCUT2D eigenvalue weighted by Crippen LogP contribution is -2.19. The van der Waals surface area contributed by atoms with E-state index in [0.29, 0.717) is 5.69 Å². The van der Waals surface area contributed by atoms with E-state index in [1.807, 2.05) is 42.5 Å². The summed E-state index contributed by atoms with van der Waals surface area (Å²) in [6.45, 7) is 0. The van der Waals surface area contributed by atoms with Crippen molar-refractivity contribution in [3.8, 4) is 11.1 Å². The number of hydrogen-bond donors (Lipinski definition) is 2. The molecule has 0 spiro atoms. The fourth-order valence-electron chi connectivity index (χ4n) is 2.56. The molecule has 0 aliphatic rings. The summed E-state index contributed by atoms with van der Waals surface area (Å²) in [6, 6.07) is 21.5. The largest absolute Gasteiger partial charge is 0.279 e. The van der Waals surface area contributed by atoms with Gasteiger partial charge in [0.2, 0.25) is 10.0 Å². The number of sulfonamides is 2. The van der Waals surface area contributed by atoms with Gasteiger partial charge < -0.3 is 0 Å². The lowest BCUT2D eigenvalue weighted by molar-refractivity contribution is 0.587. The highest BCUT2D eigenvalue weighted by atomic mass is 32.2. The summed E-state index contributed by atoms with van der Waals surface area (Å²) in [5.74, 6) is 0. The highest BCUT2D eigenvalue weighted by molar-refractivity contribution is 7.92. The second-order valence-electron chi connectivity index (χ2n) is 5.70. The maximum Gasteiger partial charge on any atom is 0.261 e. The van der Waals surface area contributed by atoms with Crippen LogP contribution >= 0.6 is 0 Å². The molecule has 3 rings (SSSR count). The molecule has 0 aliphatic carbocycles. The van der Waals surface area contributed by atoms with Crippen molar-refractivity contribution < 1.29 is 16.8 Å². The van der Waals surface area contributed by atoms with Crippen molar-refractivity contribution in [3.63, 3.8) is 0 Å². The minimum absolute atomic E-state index is 0.00589. The molecule has 0 aliphatic heterocycles. The highest BCUT2D eigenvalue weighted by Gasteiger charge is 2.18. The Balaban J connectivity index is 1.95. The van der Waals surface area contributed by atoms with Gasteiger partial charge in [0.25, 0.3) is 10.0 Å². The lowest BCUT2D eigenvalue weighted by Gasteiger charge is -2.13. The van der Waals surface area contributed by atoms with Crippen LogP contribution in [0.5, 0.6) is 0 Å². The summed E-state index contributed by atoms with van der Waals surface area (Å²) < 4.78 is 53.8. The molecule has 0 bridgehead atoms. The minimum atomic E-state index is -3.88. The van der Waals surface area contributed by atoms with Gasteiger partial charge in [0.05, 0.1) is 15.5 Å². The van der Waals surface area contributed by atoms with Gasteiger partial charge in [-0.2, -0.15) is 0 Å². The highest BCUT2D eigenvalue weighted by Crippen LogP contribution is 2.29. The normalized spacial score (nSPS) is 11.9. The predicted molar refractivity (Wildman–Crippen MR) is 105 cm³/mol. The molecule has 3 aromatic carbocycles. The van der Waals surface area contributed by atoms with E-state index in [0.717, 1.165) is 11.1 Å². The molecule has 27 heavy (non-hydrogen) atoms. The lowest BCUT2D eigenvalue weighted by atomic mass is 10.0. The monoisotopic (exact) mass is 402 g/mol. The first-order chi connectivity index (χ1) is 12.8. The van der Waals surface area contributed by atoms with Crippen molar-refractivity contribution in [2.24, 2.45) is 0 Å². The van der Waals surface area contributed by atoms with Gasteiger partial charge in [-0.15, -0.1) is 0 Å². The molecule has 6 nitrogen and oxygen atoms in total. The van der Waals surface area contributed by atoms with Gasteiger partial charge in [0.15, 0.2) is 0 Å². The van der Waals surface area contributed by atoms with Crippen molar-refractivity contribution in [2.75, 3.05) is 11.8 Å². The molecule has 0 unspecified atom stereocenters. The first kappa shape index (κ1) is 19.1. The molecular formula is C19H18N2O4S2. The standard InChI is InChI=1S/C19H18N2O4S2/c1-20-26(22,23)16-11-13-17(14-12-16)27(24,25)21-19-10-6-5-9-18(19)15-7-3-2-4-8-15/h2-14,20-21H,1H3. The van der Waals surface area contributed by atoms with Crippen LogP contribution in [0.1, 0.15) is 0 Å². The molecule has 8 heteroatoms. The SMILES string of the molecule is CNS(=O)(=O)c1ccc(S(=O)(=O)Nc2ccccc2-c2ccccc2)cc1. The first-order valence-electron chi connectivity index (χ1n) is 8.04. The smallest absolute Gasteiger partial charge is 0.261 e. The van der Waals surface area contributed by atoms with Gasteiger partial charge in [-0.3, -0.25) is 4.72 Å². The average molecular weight is 402 g/mol. The summed E-state index contributed by atoms with van der Waals surface area (Å²) in [5, 5.41) is 0. The minimum Gasteiger partial charge on any atom is -0.279 e. The van der Waals surface area contributed by atoms with E-state index in [9.17, 15) is 16.8 Å². The number of para-hydroxylation sites is 1. The van der Waals surface area contributed by atoms with Crippen LogP contribution in [0.3, 0.4) is 0 Å². The third-order valence-corrected chi connectivity index (χ3v) is 6.78. The van der Waals surface area contributed by atoms with Gasteiger partial charge in [-0.25, -0.2) is 21.6 Å². The van der Waals surface area contributed by atoms with Crippen LogP contribution in [-0.4, -0.2) is 23.9 Å². The molecule has 0 radical (unpaired) electrons. The summed E-state index contributed by atoms with van der Waals surface area (Å²) in [5.41, 5.74) is 2.07. The van der Waals surface area contributed by atoms with Crippen LogP contribution < -0.4 is 9.44 Å². The van der Waals surface area contributed by atoms with Gasteiger partial charge >= 0.3 is 0 Å². The van der Waals surface area contributed by atoms with Crippen LogP contribution in [-0.2, 0) is 20.0 Å². The quantitative estimate of drug-likeness (QED) is 0.663. The number of benzene rings is 3. The molecule has 0 amide bonds. The van der Waals surface area contributed by atoms with Crippen molar-refractivity contribution in [3.05, 3.63) is 78.9 Å². The van der Waals surface area contributed by atoms with Gasteiger partial charge in [0.1, 0.15) is 0 Å². The average Bonchev–Trinajstić information content (AvgIpc) is 2.69. The number of anilines is 1. The maximum atomic E-state index is 12.7. The van der Waals surface area contributed by atoms with E-state index < -0.39 is 20.0 Å². The van der Waals surface area contributed by atoms with Gasteiger partial charge in [-0.05, 0) is 42.9 Å². The molecule has 0 saturated heterocycles. The van der Waals surface area contributed by atoms with Gasteiger partial charge in [-0.1, -0.05) is 48.5 Å². The van der Waals surface area contributed by atoms with Crippen LogP contribution in [0.4, 0.5) is 5.69 Å². The molecule has 0 heterocycles. The van der Waals surface area contributed by atoms with Crippen LogP contribution in [0.25, 0.3) is 11.1 Å². The fraction of sp³-hybridized carbons (Fsp3) is 0.0526. The second-order valence-corrected chi connectivity index (χ2v) is 9.27. The van der Waals surface area contributed by atoms with Crippen LogP contribution in [0, 0.1) is 0 Å². The van der Waals surface area contributed by atoms with E-state index in [4.69, 9.17) is 0 Å². The van der Waals surface area contributed by atoms with Crippen LogP contribution in [0.2, 0.25) is 0 Å². The Morgan fingerprint density at radius 1 is 0.630 bits per heavy atom. The van der Waals surface area contributed by atoms with Crippen molar-refractivity contribution in [1.82, 2.24) is 4.72 Å². The molecule has 0 aromatic heterocycles. The van der Waals surface area contributed by atoms with E-state index in [1.54, 1.807) is 12.1 Å². The zero-order valence-electron chi connectivity index (χ0n) is 14.5. The summed E-state index contributed by atoms with van der Waals surface area (Å²) in [7, 11) is -6.21. The van der Waals surface area contributed by atoms with Crippen molar-refractivity contribution >= 4 is 25.7 Å². The molecular weight excluding hydrogens is 384 g/mol. The Morgan fingerprint density at radius 3 is 1.74 bits per heavy atom. The van der Waals surface area contributed by atoms with Crippen molar-refractivity contribution in [2.45, 2.75) is 9.79 Å². The molecule has 2 N–H and O–H groups in total. The Bertz CT molecular complexity index is 1140. The number of hydrogen-bond acceptors (Lipinski definition) is 4. The molecule has 3 aromatic rings. The molecule has 0 saturated carbocycles. The Kier molecular flexibility index (Phi) is 5.31. The Morgan fingerprint density at radius 2 is 1.15 bits per heavy atom. The predicted octanol–water partition coefficient (Wildman–Crippen LogP) is 3.06. The summed E-state index contributed by atoms with van der Waals surface area (Å²) in [4.78, 5) is -0.0333. The topological polar surface area (TPSA) is 92.3 Å². The zero-order chi connectivity index (χ0) is 19.5. The Hall–Kier alpha value is -2.68. The van der Waals surface area contributed by atoms with E-state index in [-0.39, 0.29) is 9.79 Å². The summed E-state index contributed by atoms with van der Waals surface area (Å²) >= 11 is 0. The second kappa shape index (κ2) is 7.51. The molecule has 140 valence electrons. The third-order valence-electron chi connectivity index (χ3n) is 3.97.